The summed E-state index contributed by atoms with van der Waals surface area (Å²) in [5.74, 6) is 0.589. The molecule has 0 saturated heterocycles. The highest BCUT2D eigenvalue weighted by Gasteiger charge is 2.16. The van der Waals surface area contributed by atoms with Crippen LogP contribution in [0.3, 0.4) is 0 Å². The van der Waals surface area contributed by atoms with Crippen LogP contribution in [0.1, 0.15) is 34.1 Å². The SMILES string of the molecule is CNC(=O)C[C@@H](NC(C)C)C(C)C. The third-order valence-corrected chi connectivity index (χ3v) is 2.04. The Hall–Kier alpha value is -0.570. The van der Waals surface area contributed by atoms with Crippen LogP contribution in [0.5, 0.6) is 0 Å². The summed E-state index contributed by atoms with van der Waals surface area (Å²) in [5.41, 5.74) is 0. The van der Waals surface area contributed by atoms with E-state index in [2.05, 4.69) is 38.3 Å². The van der Waals surface area contributed by atoms with E-state index in [1.807, 2.05) is 0 Å². The van der Waals surface area contributed by atoms with Gasteiger partial charge in [0.2, 0.25) is 5.91 Å². The Labute approximate surface area is 81.3 Å². The molecule has 3 heteroatoms. The summed E-state index contributed by atoms with van der Waals surface area (Å²) in [7, 11) is 1.68. The Bertz CT molecular complexity index is 155. The van der Waals surface area contributed by atoms with Crippen LogP contribution in [0, 0.1) is 5.92 Å². The first-order valence-corrected chi connectivity index (χ1v) is 4.94. The van der Waals surface area contributed by atoms with E-state index in [9.17, 15) is 4.79 Å². The molecule has 0 aromatic carbocycles. The van der Waals surface area contributed by atoms with Crippen LogP contribution >= 0.6 is 0 Å². The minimum atomic E-state index is 0.104. The molecule has 0 aliphatic heterocycles. The van der Waals surface area contributed by atoms with Crippen molar-refractivity contribution >= 4 is 5.91 Å². The van der Waals surface area contributed by atoms with E-state index in [1.165, 1.54) is 0 Å². The standard InChI is InChI=1S/C10H22N2O/c1-7(2)9(12-8(3)4)6-10(13)11-5/h7-9,12H,6H2,1-5H3,(H,11,13)/t9-/m1/s1. The summed E-state index contributed by atoms with van der Waals surface area (Å²) >= 11 is 0. The Kier molecular flexibility index (Phi) is 5.71. The van der Waals surface area contributed by atoms with Crippen molar-refractivity contribution in [1.82, 2.24) is 10.6 Å². The maximum absolute atomic E-state index is 11.2. The molecule has 0 aromatic rings. The number of nitrogens with one attached hydrogen (secondary N) is 2. The van der Waals surface area contributed by atoms with Gasteiger partial charge in [0.25, 0.3) is 0 Å². The number of carbonyl (C=O) groups excluding carboxylic acids is 1. The van der Waals surface area contributed by atoms with Crippen molar-refractivity contribution in [3.63, 3.8) is 0 Å². The fraction of sp³-hybridized carbons (Fsp3) is 0.900. The maximum atomic E-state index is 11.2. The number of rotatable bonds is 5. The molecule has 78 valence electrons. The highest BCUT2D eigenvalue weighted by molar-refractivity contribution is 5.76. The second-order valence-electron chi connectivity index (χ2n) is 4.05. The van der Waals surface area contributed by atoms with Crippen molar-refractivity contribution in [2.75, 3.05) is 7.05 Å². The van der Waals surface area contributed by atoms with Gasteiger partial charge in [-0.05, 0) is 5.92 Å². The van der Waals surface area contributed by atoms with Gasteiger partial charge in [-0.15, -0.1) is 0 Å². The average Bonchev–Trinajstić information content (AvgIpc) is 2.02. The summed E-state index contributed by atoms with van der Waals surface area (Å²) < 4.78 is 0. The Morgan fingerprint density at radius 2 is 1.77 bits per heavy atom. The lowest BCUT2D eigenvalue weighted by Gasteiger charge is -2.23. The second kappa shape index (κ2) is 5.97. The Morgan fingerprint density at radius 1 is 1.23 bits per heavy atom. The Balaban J connectivity index is 4.02. The lowest BCUT2D eigenvalue weighted by atomic mass is 10.00. The quantitative estimate of drug-likeness (QED) is 0.676. The molecule has 0 heterocycles. The average molecular weight is 186 g/mol. The normalized spacial score (nSPS) is 13.5. The van der Waals surface area contributed by atoms with Crippen LogP contribution in [-0.4, -0.2) is 25.0 Å². The topological polar surface area (TPSA) is 41.1 Å². The van der Waals surface area contributed by atoms with Gasteiger partial charge in [-0.25, -0.2) is 0 Å². The zero-order chi connectivity index (χ0) is 10.4. The van der Waals surface area contributed by atoms with Crippen molar-refractivity contribution in [2.24, 2.45) is 5.92 Å². The van der Waals surface area contributed by atoms with Crippen LogP contribution in [0.15, 0.2) is 0 Å². The van der Waals surface area contributed by atoms with Crippen molar-refractivity contribution in [3.05, 3.63) is 0 Å². The molecule has 0 rings (SSSR count). The summed E-state index contributed by atoms with van der Waals surface area (Å²) in [5, 5.41) is 6.03. The van der Waals surface area contributed by atoms with E-state index in [-0.39, 0.29) is 11.9 Å². The third-order valence-electron chi connectivity index (χ3n) is 2.04. The summed E-state index contributed by atoms with van der Waals surface area (Å²) in [6.45, 7) is 8.45. The van der Waals surface area contributed by atoms with Crippen LogP contribution in [-0.2, 0) is 4.79 Å². The highest BCUT2D eigenvalue weighted by Crippen LogP contribution is 2.06. The number of carbonyl (C=O) groups is 1. The van der Waals surface area contributed by atoms with E-state index in [0.29, 0.717) is 18.4 Å². The van der Waals surface area contributed by atoms with Crippen molar-refractivity contribution in [3.8, 4) is 0 Å². The molecule has 0 fully saturated rings. The number of hydrogen-bond acceptors (Lipinski definition) is 2. The van der Waals surface area contributed by atoms with Crippen molar-refractivity contribution in [2.45, 2.75) is 46.2 Å². The van der Waals surface area contributed by atoms with Gasteiger partial charge < -0.3 is 10.6 Å². The highest BCUT2D eigenvalue weighted by atomic mass is 16.1. The predicted molar refractivity (Wildman–Crippen MR) is 55.6 cm³/mol. The van der Waals surface area contributed by atoms with E-state index in [1.54, 1.807) is 7.05 Å². The van der Waals surface area contributed by atoms with E-state index in [4.69, 9.17) is 0 Å². The van der Waals surface area contributed by atoms with Gasteiger partial charge in [-0.1, -0.05) is 27.7 Å². The van der Waals surface area contributed by atoms with Crippen LogP contribution < -0.4 is 10.6 Å². The molecule has 0 radical (unpaired) electrons. The molecule has 13 heavy (non-hydrogen) atoms. The van der Waals surface area contributed by atoms with Crippen molar-refractivity contribution < 1.29 is 4.79 Å². The molecule has 0 aliphatic carbocycles. The summed E-state index contributed by atoms with van der Waals surface area (Å²) in [6, 6.07) is 0.706. The van der Waals surface area contributed by atoms with E-state index in [0.717, 1.165) is 0 Å². The first kappa shape index (κ1) is 12.4. The molecule has 0 spiro atoms. The van der Waals surface area contributed by atoms with Gasteiger partial charge in [0, 0.05) is 25.6 Å². The van der Waals surface area contributed by atoms with Crippen LogP contribution in [0.4, 0.5) is 0 Å². The fourth-order valence-corrected chi connectivity index (χ4v) is 1.22. The van der Waals surface area contributed by atoms with Gasteiger partial charge >= 0.3 is 0 Å². The molecular formula is C10H22N2O. The van der Waals surface area contributed by atoms with Gasteiger partial charge in [0.15, 0.2) is 0 Å². The van der Waals surface area contributed by atoms with Gasteiger partial charge in [0.1, 0.15) is 0 Å². The van der Waals surface area contributed by atoms with Crippen LogP contribution in [0.25, 0.3) is 0 Å². The van der Waals surface area contributed by atoms with E-state index >= 15 is 0 Å². The fourth-order valence-electron chi connectivity index (χ4n) is 1.22. The zero-order valence-electron chi connectivity index (χ0n) is 9.35. The van der Waals surface area contributed by atoms with Crippen LogP contribution in [0.2, 0.25) is 0 Å². The molecule has 1 atom stereocenters. The lowest BCUT2D eigenvalue weighted by molar-refractivity contribution is -0.121. The largest absolute Gasteiger partial charge is 0.359 e. The molecule has 1 amide bonds. The summed E-state index contributed by atoms with van der Waals surface area (Å²) in [6.07, 6.45) is 0.562. The maximum Gasteiger partial charge on any atom is 0.221 e. The zero-order valence-corrected chi connectivity index (χ0v) is 9.35. The third kappa shape index (κ3) is 5.64. The first-order chi connectivity index (χ1) is 5.97. The van der Waals surface area contributed by atoms with Crippen molar-refractivity contribution in [1.29, 1.82) is 0 Å². The molecule has 0 saturated carbocycles. The molecule has 0 unspecified atom stereocenters. The molecule has 0 aliphatic rings. The lowest BCUT2D eigenvalue weighted by Crippen LogP contribution is -2.41. The molecule has 0 bridgehead atoms. The minimum absolute atomic E-state index is 0.104. The van der Waals surface area contributed by atoms with Gasteiger partial charge in [-0.3, -0.25) is 4.79 Å². The van der Waals surface area contributed by atoms with Gasteiger partial charge in [0.05, 0.1) is 0 Å². The monoisotopic (exact) mass is 186 g/mol. The minimum Gasteiger partial charge on any atom is -0.359 e. The molecule has 2 N–H and O–H groups in total. The Morgan fingerprint density at radius 3 is 2.08 bits per heavy atom. The van der Waals surface area contributed by atoms with Gasteiger partial charge in [-0.2, -0.15) is 0 Å². The number of hydrogen-bond donors (Lipinski definition) is 2. The predicted octanol–water partition coefficient (Wildman–Crippen LogP) is 1.15. The molecule has 3 nitrogen and oxygen atoms in total. The number of amides is 1. The van der Waals surface area contributed by atoms with E-state index < -0.39 is 0 Å². The molecular weight excluding hydrogens is 164 g/mol. The summed E-state index contributed by atoms with van der Waals surface area (Å²) in [4.78, 5) is 11.2. The smallest absolute Gasteiger partial charge is 0.221 e. The molecule has 0 aromatic heterocycles. The first-order valence-electron chi connectivity index (χ1n) is 4.94. The second-order valence-corrected chi connectivity index (χ2v) is 4.05.